The number of rotatable bonds is 10. The second-order valence-corrected chi connectivity index (χ2v) is 11.9. The summed E-state index contributed by atoms with van der Waals surface area (Å²) in [5.74, 6) is 0.876. The minimum atomic E-state index is 0.567. The first-order valence-corrected chi connectivity index (χ1v) is 15.1. The lowest BCUT2D eigenvalue weighted by Crippen LogP contribution is -2.63. The molecule has 7 rings (SSSR count). The van der Waals surface area contributed by atoms with Gasteiger partial charge in [-0.05, 0) is 85.7 Å². The standard InChI is InChI=1S/C34H39N7/c1-3-14-41(15-4-2)27-9-11-29-28(18-27)30(12-13-36-29)38-24-7-5-6-23(16-24)33-39-31-10-8-25(17-32(31)40-33)37-26-19-34(20-26)21-35-22-34/h5-13,16-18,26,35,37H,3-4,14-15,19-22H2,1-2H3,(H,36,38)(H,39,40). The zero-order valence-corrected chi connectivity index (χ0v) is 24.0. The third-order valence-corrected chi connectivity index (χ3v) is 8.70. The van der Waals surface area contributed by atoms with Gasteiger partial charge in [-0.1, -0.05) is 26.0 Å². The largest absolute Gasteiger partial charge is 0.382 e. The fraction of sp³-hybridized carbons (Fsp3) is 0.353. The summed E-state index contributed by atoms with van der Waals surface area (Å²) < 4.78 is 0. The van der Waals surface area contributed by atoms with Crippen molar-refractivity contribution in [1.82, 2.24) is 20.3 Å². The Morgan fingerprint density at radius 1 is 0.902 bits per heavy atom. The summed E-state index contributed by atoms with van der Waals surface area (Å²) in [6.45, 7) is 8.94. The smallest absolute Gasteiger partial charge is 0.138 e. The van der Waals surface area contributed by atoms with E-state index < -0.39 is 0 Å². The van der Waals surface area contributed by atoms with E-state index in [2.05, 4.69) is 111 Å². The van der Waals surface area contributed by atoms with Gasteiger partial charge in [-0.2, -0.15) is 0 Å². The van der Waals surface area contributed by atoms with Gasteiger partial charge in [0.2, 0.25) is 0 Å². The molecule has 5 aromatic rings. The Morgan fingerprint density at radius 3 is 2.51 bits per heavy atom. The first-order chi connectivity index (χ1) is 20.1. The molecule has 0 amide bonds. The molecule has 0 unspecified atom stereocenters. The summed E-state index contributed by atoms with van der Waals surface area (Å²) in [7, 11) is 0. The summed E-state index contributed by atoms with van der Waals surface area (Å²) in [4.78, 5) is 15.6. The highest BCUT2D eigenvalue weighted by Crippen LogP contribution is 2.45. The van der Waals surface area contributed by atoms with Crippen LogP contribution >= 0.6 is 0 Å². The maximum absolute atomic E-state index is 4.91. The first kappa shape index (κ1) is 25.8. The number of nitrogens with zero attached hydrogens (tertiary/aromatic N) is 3. The minimum absolute atomic E-state index is 0.567. The Hall–Kier alpha value is -4.10. The number of pyridine rings is 1. The molecule has 2 aromatic heterocycles. The van der Waals surface area contributed by atoms with Crippen molar-refractivity contribution >= 4 is 44.7 Å². The van der Waals surface area contributed by atoms with Crippen LogP contribution in [0.2, 0.25) is 0 Å². The van der Waals surface area contributed by atoms with Gasteiger partial charge in [0, 0.05) is 72.1 Å². The van der Waals surface area contributed by atoms with E-state index in [1.54, 1.807) is 0 Å². The highest BCUT2D eigenvalue weighted by atomic mass is 15.1. The Kier molecular flexibility index (Phi) is 6.75. The van der Waals surface area contributed by atoms with E-state index in [-0.39, 0.29) is 0 Å². The molecule has 1 spiro atoms. The lowest BCUT2D eigenvalue weighted by molar-refractivity contribution is 0.0470. The normalized spacial score (nSPS) is 16.0. The quantitative estimate of drug-likeness (QED) is 0.147. The summed E-state index contributed by atoms with van der Waals surface area (Å²) in [6, 6.07) is 24.2. The zero-order chi connectivity index (χ0) is 27.8. The maximum Gasteiger partial charge on any atom is 0.138 e. The molecule has 7 nitrogen and oxygen atoms in total. The molecular weight excluding hydrogens is 506 g/mol. The number of anilines is 4. The van der Waals surface area contributed by atoms with E-state index in [1.807, 2.05) is 6.20 Å². The highest BCUT2D eigenvalue weighted by molar-refractivity contribution is 5.95. The molecule has 4 N–H and O–H groups in total. The van der Waals surface area contributed by atoms with Crippen molar-refractivity contribution in [2.24, 2.45) is 5.41 Å². The lowest BCUT2D eigenvalue weighted by atomic mass is 9.61. The van der Waals surface area contributed by atoms with Crippen molar-refractivity contribution in [2.45, 2.75) is 45.6 Å². The average Bonchev–Trinajstić information content (AvgIpc) is 3.37. The van der Waals surface area contributed by atoms with Crippen LogP contribution in [0, 0.1) is 5.41 Å². The molecule has 3 aromatic carbocycles. The van der Waals surface area contributed by atoms with Crippen molar-refractivity contribution < 1.29 is 0 Å². The van der Waals surface area contributed by atoms with Crippen LogP contribution in [0.15, 0.2) is 72.9 Å². The van der Waals surface area contributed by atoms with Crippen molar-refractivity contribution in [3.8, 4) is 11.4 Å². The van der Waals surface area contributed by atoms with Gasteiger partial charge in [-0.15, -0.1) is 0 Å². The predicted molar refractivity (Wildman–Crippen MR) is 171 cm³/mol. The highest BCUT2D eigenvalue weighted by Gasteiger charge is 2.48. The number of benzene rings is 3. The maximum atomic E-state index is 4.91. The number of hydrogen-bond acceptors (Lipinski definition) is 6. The van der Waals surface area contributed by atoms with Gasteiger partial charge >= 0.3 is 0 Å². The summed E-state index contributed by atoms with van der Waals surface area (Å²) >= 11 is 0. The molecule has 0 atom stereocenters. The van der Waals surface area contributed by atoms with Gasteiger partial charge in [0.1, 0.15) is 5.82 Å². The number of imidazole rings is 1. The molecule has 0 bridgehead atoms. The van der Waals surface area contributed by atoms with E-state index >= 15 is 0 Å². The van der Waals surface area contributed by atoms with Crippen molar-refractivity contribution in [1.29, 1.82) is 0 Å². The van der Waals surface area contributed by atoms with Gasteiger partial charge < -0.3 is 25.8 Å². The van der Waals surface area contributed by atoms with Crippen molar-refractivity contribution in [3.63, 3.8) is 0 Å². The number of aromatic amines is 1. The molecule has 1 aliphatic heterocycles. The summed E-state index contributed by atoms with van der Waals surface area (Å²) in [5, 5.41) is 11.9. The number of aromatic nitrogens is 3. The molecule has 2 fully saturated rings. The summed E-state index contributed by atoms with van der Waals surface area (Å²) in [5.41, 5.74) is 9.13. The van der Waals surface area contributed by atoms with Crippen molar-refractivity contribution in [2.75, 3.05) is 41.7 Å². The zero-order valence-electron chi connectivity index (χ0n) is 24.0. The van der Waals surface area contributed by atoms with E-state index in [9.17, 15) is 0 Å². The van der Waals surface area contributed by atoms with Crippen LogP contribution in [0.1, 0.15) is 39.5 Å². The molecule has 3 heterocycles. The SMILES string of the molecule is CCCN(CCC)c1ccc2nccc(Nc3cccc(-c4nc5ccc(NC6CC7(CNC7)C6)cc5[nH]4)c3)c2c1. The average molecular weight is 546 g/mol. The van der Waals surface area contributed by atoms with Crippen LogP contribution in [-0.4, -0.2) is 47.2 Å². The number of nitrogens with one attached hydrogen (secondary N) is 4. The second kappa shape index (κ2) is 10.7. The van der Waals surface area contributed by atoms with Gasteiger partial charge in [-0.3, -0.25) is 4.98 Å². The van der Waals surface area contributed by atoms with Crippen LogP contribution in [0.5, 0.6) is 0 Å². The molecule has 0 radical (unpaired) electrons. The van der Waals surface area contributed by atoms with Crippen LogP contribution in [0.3, 0.4) is 0 Å². The fourth-order valence-electron chi connectivity index (χ4n) is 6.58. The molecule has 1 saturated carbocycles. The Bertz CT molecular complexity index is 1670. The molecular formula is C34H39N7. The fourth-order valence-corrected chi connectivity index (χ4v) is 6.58. The first-order valence-electron chi connectivity index (χ1n) is 15.1. The van der Waals surface area contributed by atoms with E-state index in [0.29, 0.717) is 11.5 Å². The Balaban J connectivity index is 1.12. The van der Waals surface area contributed by atoms with E-state index in [1.165, 1.54) is 31.6 Å². The number of fused-ring (bicyclic) bond motifs is 2. The topological polar surface area (TPSA) is 80.9 Å². The van der Waals surface area contributed by atoms with Crippen LogP contribution in [0.25, 0.3) is 33.3 Å². The lowest BCUT2D eigenvalue weighted by Gasteiger charge is -2.54. The Labute approximate surface area is 241 Å². The van der Waals surface area contributed by atoms with E-state index in [4.69, 9.17) is 4.98 Å². The van der Waals surface area contributed by atoms with Crippen LogP contribution in [-0.2, 0) is 0 Å². The molecule has 41 heavy (non-hydrogen) atoms. The molecule has 2 aliphatic rings. The molecule has 210 valence electrons. The van der Waals surface area contributed by atoms with E-state index in [0.717, 1.165) is 76.3 Å². The molecule has 7 heteroatoms. The van der Waals surface area contributed by atoms with Gasteiger partial charge in [0.15, 0.2) is 0 Å². The number of hydrogen-bond donors (Lipinski definition) is 4. The summed E-state index contributed by atoms with van der Waals surface area (Å²) in [6.07, 6.45) is 6.65. The van der Waals surface area contributed by atoms with Crippen LogP contribution < -0.4 is 20.9 Å². The van der Waals surface area contributed by atoms with Gasteiger partial charge in [0.25, 0.3) is 0 Å². The van der Waals surface area contributed by atoms with Crippen LogP contribution in [0.4, 0.5) is 22.7 Å². The second-order valence-electron chi connectivity index (χ2n) is 11.9. The minimum Gasteiger partial charge on any atom is -0.382 e. The molecule has 1 saturated heterocycles. The third kappa shape index (κ3) is 5.10. The van der Waals surface area contributed by atoms with Gasteiger partial charge in [-0.25, -0.2) is 4.98 Å². The predicted octanol–water partition coefficient (Wildman–Crippen LogP) is 7.31. The third-order valence-electron chi connectivity index (χ3n) is 8.70. The Morgan fingerprint density at radius 2 is 1.73 bits per heavy atom. The van der Waals surface area contributed by atoms with Gasteiger partial charge in [0.05, 0.1) is 16.6 Å². The molecule has 1 aliphatic carbocycles. The number of H-pyrrole nitrogens is 1. The monoisotopic (exact) mass is 545 g/mol. The van der Waals surface area contributed by atoms with Crippen molar-refractivity contribution in [3.05, 3.63) is 72.9 Å².